The van der Waals surface area contributed by atoms with Gasteiger partial charge in [0, 0.05) is 44.2 Å². The molecule has 2 fully saturated rings. The molecule has 1 aromatic carbocycles. The van der Waals surface area contributed by atoms with Gasteiger partial charge in [0.25, 0.3) is 0 Å². The first kappa shape index (κ1) is 20.4. The van der Waals surface area contributed by atoms with E-state index in [2.05, 4.69) is 11.9 Å². The number of piperidine rings is 1. The summed E-state index contributed by atoms with van der Waals surface area (Å²) in [5, 5.41) is 0. The Kier molecular flexibility index (Phi) is 5.26. The molecule has 0 N–H and O–H groups in total. The number of rotatable bonds is 4. The summed E-state index contributed by atoms with van der Waals surface area (Å²) in [6.07, 6.45) is 4.46. The number of carbonyl (C=O) groups is 2. The van der Waals surface area contributed by atoms with Crippen LogP contribution in [0.15, 0.2) is 54.9 Å². The minimum Gasteiger partial charge on any atom is -0.440 e. The lowest BCUT2D eigenvalue weighted by Gasteiger charge is -2.48. The fourth-order valence-corrected chi connectivity index (χ4v) is 4.85. The Morgan fingerprint density at radius 3 is 2.43 bits per heavy atom. The molecule has 6 nitrogen and oxygen atoms in total. The van der Waals surface area contributed by atoms with Crippen molar-refractivity contribution in [3.63, 3.8) is 0 Å². The second kappa shape index (κ2) is 7.74. The Hall–Kier alpha value is -2.89. The summed E-state index contributed by atoms with van der Waals surface area (Å²) in [5.41, 5.74) is 0.626. The molecule has 6 heteroatoms. The highest BCUT2D eigenvalue weighted by Gasteiger charge is 2.64. The number of nitrogens with zero attached hydrogens (tertiary/aromatic N) is 3. The van der Waals surface area contributed by atoms with Crippen molar-refractivity contribution in [1.29, 1.82) is 0 Å². The van der Waals surface area contributed by atoms with Crippen LogP contribution in [0.25, 0.3) is 0 Å². The summed E-state index contributed by atoms with van der Waals surface area (Å²) in [7, 11) is 0. The Labute approximate surface area is 177 Å². The number of pyridine rings is 1. The molecule has 0 aliphatic carbocycles. The third-order valence-electron chi connectivity index (χ3n) is 6.71. The van der Waals surface area contributed by atoms with Gasteiger partial charge in [0.05, 0.1) is 6.54 Å². The maximum absolute atomic E-state index is 13.2. The van der Waals surface area contributed by atoms with Crippen molar-refractivity contribution in [2.45, 2.75) is 51.3 Å². The van der Waals surface area contributed by atoms with Crippen LogP contribution in [-0.2, 0) is 21.6 Å². The minimum absolute atomic E-state index is 0.0375. The molecule has 1 aromatic heterocycles. The van der Waals surface area contributed by atoms with Crippen LogP contribution < -0.4 is 0 Å². The van der Waals surface area contributed by atoms with E-state index in [1.165, 1.54) is 0 Å². The largest absolute Gasteiger partial charge is 0.440 e. The zero-order chi connectivity index (χ0) is 21.4. The molecule has 1 unspecified atom stereocenters. The molecular formula is C24H29N3O3. The summed E-state index contributed by atoms with van der Waals surface area (Å²) in [5.74, 6) is 0.114. The van der Waals surface area contributed by atoms with Crippen LogP contribution in [-0.4, -0.2) is 45.5 Å². The maximum atomic E-state index is 13.2. The summed E-state index contributed by atoms with van der Waals surface area (Å²) in [4.78, 5) is 33.7. The average Bonchev–Trinajstić information content (AvgIpc) is 2.97. The predicted octanol–water partition coefficient (Wildman–Crippen LogP) is 3.97. The third kappa shape index (κ3) is 3.24. The molecule has 1 atom stereocenters. The van der Waals surface area contributed by atoms with Gasteiger partial charge in [0.2, 0.25) is 5.91 Å². The van der Waals surface area contributed by atoms with E-state index in [1.807, 2.05) is 72.3 Å². The van der Waals surface area contributed by atoms with Crippen LogP contribution in [0, 0.1) is 5.92 Å². The topological polar surface area (TPSA) is 62.7 Å². The Morgan fingerprint density at radius 1 is 1.13 bits per heavy atom. The highest BCUT2D eigenvalue weighted by molar-refractivity contribution is 5.78. The molecule has 0 saturated carbocycles. The molecule has 4 rings (SSSR count). The first-order valence-electron chi connectivity index (χ1n) is 10.6. The SMILES string of the molecule is CC(C)C(=O)N1CCC2(CC1)OC(=O)N(Cc1ccccc1)C2(C)c1cccnc1. The fourth-order valence-electron chi connectivity index (χ4n) is 4.85. The molecule has 2 aliphatic rings. The highest BCUT2D eigenvalue weighted by atomic mass is 16.6. The Bertz CT molecular complexity index is 908. The number of hydrogen-bond acceptors (Lipinski definition) is 4. The van der Waals surface area contributed by atoms with Gasteiger partial charge in [0.1, 0.15) is 11.1 Å². The quantitative estimate of drug-likeness (QED) is 0.769. The van der Waals surface area contributed by atoms with E-state index < -0.39 is 11.1 Å². The van der Waals surface area contributed by atoms with Crippen LogP contribution in [0.1, 0.15) is 44.7 Å². The van der Waals surface area contributed by atoms with Crippen molar-refractivity contribution in [3.05, 3.63) is 66.0 Å². The van der Waals surface area contributed by atoms with E-state index >= 15 is 0 Å². The van der Waals surface area contributed by atoms with Gasteiger partial charge in [-0.15, -0.1) is 0 Å². The molecular weight excluding hydrogens is 378 g/mol. The van der Waals surface area contributed by atoms with Crippen molar-refractivity contribution in [1.82, 2.24) is 14.8 Å². The standard InChI is InChI=1S/C24H29N3O3/c1-18(2)21(28)26-14-11-24(12-15-26)23(3,20-10-7-13-25-16-20)27(22(29)30-24)17-19-8-5-4-6-9-19/h4-10,13,16,18H,11-12,14-15,17H2,1-3H3. The van der Waals surface area contributed by atoms with Crippen LogP contribution in [0.3, 0.4) is 0 Å². The molecule has 0 radical (unpaired) electrons. The number of likely N-dealkylation sites (tertiary alicyclic amines) is 1. The van der Waals surface area contributed by atoms with E-state index in [-0.39, 0.29) is 17.9 Å². The summed E-state index contributed by atoms with van der Waals surface area (Å²) < 4.78 is 6.15. The van der Waals surface area contributed by atoms with Crippen LogP contribution in [0.4, 0.5) is 4.79 Å². The van der Waals surface area contributed by atoms with Crippen LogP contribution in [0.5, 0.6) is 0 Å². The number of aromatic nitrogens is 1. The van der Waals surface area contributed by atoms with E-state index in [0.29, 0.717) is 32.5 Å². The van der Waals surface area contributed by atoms with Gasteiger partial charge in [-0.2, -0.15) is 0 Å². The molecule has 2 saturated heterocycles. The van der Waals surface area contributed by atoms with Gasteiger partial charge >= 0.3 is 6.09 Å². The minimum atomic E-state index is -0.699. The smallest absolute Gasteiger partial charge is 0.411 e. The van der Waals surface area contributed by atoms with Crippen LogP contribution in [0.2, 0.25) is 0 Å². The van der Waals surface area contributed by atoms with Crippen molar-refractivity contribution in [2.24, 2.45) is 5.92 Å². The molecule has 1 spiro atoms. The van der Waals surface area contributed by atoms with Gasteiger partial charge in [-0.05, 0) is 24.1 Å². The van der Waals surface area contributed by atoms with Crippen molar-refractivity contribution in [2.75, 3.05) is 13.1 Å². The molecule has 2 amide bonds. The van der Waals surface area contributed by atoms with E-state index in [9.17, 15) is 9.59 Å². The molecule has 0 bridgehead atoms. The summed E-state index contributed by atoms with van der Waals surface area (Å²) in [6, 6.07) is 13.9. The van der Waals surface area contributed by atoms with Gasteiger partial charge in [-0.25, -0.2) is 4.79 Å². The second-order valence-corrected chi connectivity index (χ2v) is 8.73. The zero-order valence-electron chi connectivity index (χ0n) is 17.9. The number of hydrogen-bond donors (Lipinski definition) is 0. The van der Waals surface area contributed by atoms with E-state index in [4.69, 9.17) is 4.74 Å². The number of carbonyl (C=O) groups excluding carboxylic acids is 2. The Morgan fingerprint density at radius 2 is 1.83 bits per heavy atom. The van der Waals surface area contributed by atoms with Crippen molar-refractivity contribution < 1.29 is 14.3 Å². The highest BCUT2D eigenvalue weighted by Crippen LogP contribution is 2.52. The predicted molar refractivity (Wildman–Crippen MR) is 113 cm³/mol. The Balaban J connectivity index is 1.70. The third-order valence-corrected chi connectivity index (χ3v) is 6.71. The van der Waals surface area contributed by atoms with E-state index in [1.54, 1.807) is 6.20 Å². The average molecular weight is 408 g/mol. The molecule has 2 aliphatic heterocycles. The number of benzene rings is 1. The van der Waals surface area contributed by atoms with E-state index in [0.717, 1.165) is 11.1 Å². The lowest BCUT2D eigenvalue weighted by Crippen LogP contribution is -2.59. The van der Waals surface area contributed by atoms with Gasteiger partial charge in [-0.3, -0.25) is 14.7 Å². The number of ether oxygens (including phenoxy) is 1. The normalized spacial score (nSPS) is 23.1. The fraction of sp³-hybridized carbons (Fsp3) is 0.458. The van der Waals surface area contributed by atoms with Crippen LogP contribution >= 0.6 is 0 Å². The first-order chi connectivity index (χ1) is 14.4. The molecule has 3 heterocycles. The first-order valence-corrected chi connectivity index (χ1v) is 10.6. The molecule has 158 valence electrons. The van der Waals surface area contributed by atoms with Crippen molar-refractivity contribution in [3.8, 4) is 0 Å². The molecule has 2 aromatic rings. The lowest BCUT2D eigenvalue weighted by molar-refractivity contribution is -0.140. The summed E-state index contributed by atoms with van der Waals surface area (Å²) >= 11 is 0. The number of amides is 2. The summed E-state index contributed by atoms with van der Waals surface area (Å²) in [6.45, 7) is 7.55. The second-order valence-electron chi connectivity index (χ2n) is 8.73. The maximum Gasteiger partial charge on any atom is 0.411 e. The van der Waals surface area contributed by atoms with Crippen molar-refractivity contribution >= 4 is 12.0 Å². The van der Waals surface area contributed by atoms with Gasteiger partial charge < -0.3 is 9.64 Å². The monoisotopic (exact) mass is 407 g/mol. The van der Waals surface area contributed by atoms with Gasteiger partial charge in [0.15, 0.2) is 0 Å². The zero-order valence-corrected chi connectivity index (χ0v) is 17.9. The lowest BCUT2D eigenvalue weighted by atomic mass is 9.70. The molecule has 30 heavy (non-hydrogen) atoms. The van der Waals surface area contributed by atoms with Gasteiger partial charge in [-0.1, -0.05) is 50.2 Å².